The van der Waals surface area contributed by atoms with Gasteiger partial charge in [-0.15, -0.1) is 0 Å². The van der Waals surface area contributed by atoms with E-state index in [4.69, 9.17) is 5.73 Å². The van der Waals surface area contributed by atoms with Crippen molar-refractivity contribution in [3.63, 3.8) is 0 Å². The molecule has 1 aromatic heterocycles. The van der Waals surface area contributed by atoms with Crippen LogP contribution in [0, 0.1) is 0 Å². The highest BCUT2D eigenvalue weighted by Gasteiger charge is 2.24. The van der Waals surface area contributed by atoms with E-state index in [2.05, 4.69) is 14.9 Å². The molecule has 19 heavy (non-hydrogen) atoms. The predicted molar refractivity (Wildman–Crippen MR) is 74.2 cm³/mol. The maximum atomic E-state index is 11.4. The van der Waals surface area contributed by atoms with E-state index in [1.807, 2.05) is 4.90 Å². The third kappa shape index (κ3) is 3.45. The summed E-state index contributed by atoms with van der Waals surface area (Å²) in [7, 11) is 0. The van der Waals surface area contributed by atoms with Crippen LogP contribution in [-0.4, -0.2) is 58.3 Å². The van der Waals surface area contributed by atoms with E-state index < -0.39 is 5.60 Å². The summed E-state index contributed by atoms with van der Waals surface area (Å²) in [6.07, 6.45) is 1.37. The predicted octanol–water partition coefficient (Wildman–Crippen LogP) is -0.755. The number of β-amino-alcohol motifs (C(OH)–C–C–N with tert-alkyl or cyclic N) is 1. The number of nitrogen functional groups attached to an aromatic ring is 1. The van der Waals surface area contributed by atoms with Crippen LogP contribution in [0.15, 0.2) is 11.1 Å². The molecule has 106 valence electrons. The van der Waals surface area contributed by atoms with E-state index in [1.54, 1.807) is 13.8 Å². The van der Waals surface area contributed by atoms with E-state index in [9.17, 15) is 9.90 Å². The third-order valence-electron chi connectivity index (χ3n) is 3.15. The summed E-state index contributed by atoms with van der Waals surface area (Å²) in [5, 5.41) is 9.80. The van der Waals surface area contributed by atoms with Gasteiger partial charge in [-0.2, -0.15) is 0 Å². The summed E-state index contributed by atoms with van der Waals surface area (Å²) >= 11 is 0. The van der Waals surface area contributed by atoms with Gasteiger partial charge in [-0.3, -0.25) is 9.69 Å². The van der Waals surface area contributed by atoms with Gasteiger partial charge in [-0.25, -0.2) is 4.98 Å². The summed E-state index contributed by atoms with van der Waals surface area (Å²) in [5.41, 5.74) is 4.92. The smallest absolute Gasteiger partial charge is 0.276 e. The molecule has 0 radical (unpaired) electrons. The van der Waals surface area contributed by atoms with Crippen LogP contribution in [0.25, 0.3) is 0 Å². The van der Waals surface area contributed by atoms with Gasteiger partial charge in [0, 0.05) is 32.7 Å². The zero-order chi connectivity index (χ0) is 14.0. The largest absolute Gasteiger partial charge is 0.391 e. The number of anilines is 2. The highest BCUT2D eigenvalue weighted by molar-refractivity contribution is 5.61. The van der Waals surface area contributed by atoms with Crippen molar-refractivity contribution in [2.75, 3.05) is 43.4 Å². The molecule has 0 unspecified atom stereocenters. The van der Waals surface area contributed by atoms with Crippen LogP contribution in [0.1, 0.15) is 13.8 Å². The van der Waals surface area contributed by atoms with Crippen molar-refractivity contribution in [1.29, 1.82) is 0 Å². The zero-order valence-electron chi connectivity index (χ0n) is 11.4. The first-order chi connectivity index (χ1) is 8.87. The van der Waals surface area contributed by atoms with Crippen LogP contribution < -0.4 is 16.2 Å². The van der Waals surface area contributed by atoms with Gasteiger partial charge in [-0.05, 0) is 13.8 Å². The number of aromatic nitrogens is 2. The average Bonchev–Trinajstić information content (AvgIpc) is 2.32. The normalized spacial score (nSPS) is 17.7. The number of aliphatic hydroxyl groups is 1. The van der Waals surface area contributed by atoms with Crippen LogP contribution >= 0.6 is 0 Å². The molecule has 0 saturated carbocycles. The van der Waals surface area contributed by atoms with Crippen molar-refractivity contribution in [3.05, 3.63) is 16.7 Å². The lowest BCUT2D eigenvalue weighted by molar-refractivity contribution is 0.0345. The molecule has 7 heteroatoms. The lowest BCUT2D eigenvalue weighted by atomic mass is 10.1. The first kappa shape index (κ1) is 13.8. The van der Waals surface area contributed by atoms with Crippen molar-refractivity contribution in [3.8, 4) is 0 Å². The average molecular weight is 267 g/mol. The van der Waals surface area contributed by atoms with Gasteiger partial charge in [-0.1, -0.05) is 0 Å². The highest BCUT2D eigenvalue weighted by atomic mass is 16.3. The molecule has 1 fully saturated rings. The molecule has 0 atom stereocenters. The molecular formula is C12H21N5O2. The summed E-state index contributed by atoms with van der Waals surface area (Å²) < 4.78 is 0. The number of nitrogens with one attached hydrogen (secondary N) is 1. The van der Waals surface area contributed by atoms with E-state index in [1.165, 1.54) is 6.33 Å². The molecule has 1 saturated heterocycles. The minimum absolute atomic E-state index is 0.165. The number of H-pyrrole nitrogens is 1. The summed E-state index contributed by atoms with van der Waals surface area (Å²) in [6, 6.07) is 0. The summed E-state index contributed by atoms with van der Waals surface area (Å²) in [4.78, 5) is 22.2. The van der Waals surface area contributed by atoms with Crippen LogP contribution in [0.4, 0.5) is 11.5 Å². The van der Waals surface area contributed by atoms with Gasteiger partial charge in [0.2, 0.25) is 0 Å². The fourth-order valence-corrected chi connectivity index (χ4v) is 2.32. The Morgan fingerprint density at radius 1 is 1.42 bits per heavy atom. The second-order valence-corrected chi connectivity index (χ2v) is 5.54. The molecule has 1 aliphatic heterocycles. The number of hydrogen-bond donors (Lipinski definition) is 3. The van der Waals surface area contributed by atoms with E-state index in [0.717, 1.165) is 26.2 Å². The topological polar surface area (TPSA) is 98.5 Å². The number of nitrogens with zero attached hydrogens (tertiary/aromatic N) is 3. The molecule has 2 rings (SSSR count). The molecular weight excluding hydrogens is 246 g/mol. The maximum Gasteiger partial charge on any atom is 0.276 e. The molecule has 1 aromatic rings. The Hall–Kier alpha value is -1.60. The Kier molecular flexibility index (Phi) is 3.77. The first-order valence-corrected chi connectivity index (χ1v) is 6.40. The standard InChI is InChI=1S/C12H21N5O2/c1-12(2,19)7-16-3-5-17(6-4-16)10-9(13)11(18)15-8-14-10/h8,19H,3-7,13H2,1-2H3,(H,14,15,18). The Morgan fingerprint density at radius 2 is 2.05 bits per heavy atom. The number of hydrogen-bond acceptors (Lipinski definition) is 6. The molecule has 0 aromatic carbocycles. The SMILES string of the molecule is CC(C)(O)CN1CCN(c2nc[nH]c(=O)c2N)CC1. The number of nitrogens with two attached hydrogens (primary N) is 1. The number of aromatic amines is 1. The van der Waals surface area contributed by atoms with Gasteiger partial charge in [0.25, 0.3) is 5.56 Å². The van der Waals surface area contributed by atoms with Crippen LogP contribution in [-0.2, 0) is 0 Å². The van der Waals surface area contributed by atoms with E-state index >= 15 is 0 Å². The molecule has 0 aliphatic carbocycles. The quantitative estimate of drug-likeness (QED) is 0.666. The van der Waals surface area contributed by atoms with Gasteiger partial charge < -0.3 is 20.7 Å². The molecule has 1 aliphatic rings. The molecule has 7 nitrogen and oxygen atoms in total. The minimum atomic E-state index is -0.691. The van der Waals surface area contributed by atoms with Crippen LogP contribution in [0.2, 0.25) is 0 Å². The lowest BCUT2D eigenvalue weighted by Crippen LogP contribution is -2.51. The zero-order valence-corrected chi connectivity index (χ0v) is 11.4. The molecule has 0 amide bonds. The fourth-order valence-electron chi connectivity index (χ4n) is 2.32. The van der Waals surface area contributed by atoms with Crippen molar-refractivity contribution in [1.82, 2.24) is 14.9 Å². The Morgan fingerprint density at radius 3 is 2.63 bits per heavy atom. The van der Waals surface area contributed by atoms with Crippen molar-refractivity contribution in [2.24, 2.45) is 0 Å². The van der Waals surface area contributed by atoms with E-state index in [0.29, 0.717) is 12.4 Å². The number of piperazine rings is 1. The summed E-state index contributed by atoms with van der Waals surface area (Å²) in [5.74, 6) is 0.548. The molecule has 0 bridgehead atoms. The third-order valence-corrected chi connectivity index (χ3v) is 3.15. The highest BCUT2D eigenvalue weighted by Crippen LogP contribution is 2.17. The van der Waals surface area contributed by atoms with Gasteiger partial charge in [0.15, 0.2) is 5.82 Å². The Balaban J connectivity index is 2.00. The monoisotopic (exact) mass is 267 g/mol. The van der Waals surface area contributed by atoms with Crippen LogP contribution in [0.3, 0.4) is 0 Å². The molecule has 2 heterocycles. The minimum Gasteiger partial charge on any atom is -0.391 e. The number of rotatable bonds is 3. The lowest BCUT2D eigenvalue weighted by Gasteiger charge is -2.37. The second-order valence-electron chi connectivity index (χ2n) is 5.54. The molecule has 0 spiro atoms. The van der Waals surface area contributed by atoms with Gasteiger partial charge in [0.1, 0.15) is 5.69 Å². The van der Waals surface area contributed by atoms with E-state index in [-0.39, 0.29) is 11.2 Å². The first-order valence-electron chi connectivity index (χ1n) is 6.40. The maximum absolute atomic E-state index is 11.4. The second kappa shape index (κ2) is 5.18. The van der Waals surface area contributed by atoms with Crippen molar-refractivity contribution < 1.29 is 5.11 Å². The van der Waals surface area contributed by atoms with Crippen molar-refractivity contribution >= 4 is 11.5 Å². The fraction of sp³-hybridized carbons (Fsp3) is 0.667. The Labute approximate surface area is 112 Å². The van der Waals surface area contributed by atoms with Crippen molar-refractivity contribution in [2.45, 2.75) is 19.4 Å². The van der Waals surface area contributed by atoms with Crippen LogP contribution in [0.5, 0.6) is 0 Å². The van der Waals surface area contributed by atoms with Gasteiger partial charge in [0.05, 0.1) is 11.9 Å². The summed E-state index contributed by atoms with van der Waals surface area (Å²) in [6.45, 7) is 7.37. The Bertz CT molecular complexity index is 486. The van der Waals surface area contributed by atoms with Gasteiger partial charge >= 0.3 is 0 Å². The molecule has 4 N–H and O–H groups in total.